The standard InChI is InChI=1S/C12H23NS/c1-4-9-6-5-7-10(9)13-11-8-14-12(11,2)3/h9-11,13H,4-8H2,1-3H3. The fourth-order valence-electron chi connectivity index (χ4n) is 2.75. The summed E-state index contributed by atoms with van der Waals surface area (Å²) in [6.07, 6.45) is 5.67. The molecule has 0 spiro atoms. The van der Waals surface area contributed by atoms with Gasteiger partial charge in [-0.1, -0.05) is 19.8 Å². The summed E-state index contributed by atoms with van der Waals surface area (Å²) in [7, 11) is 0. The molecule has 82 valence electrons. The molecule has 1 aliphatic carbocycles. The van der Waals surface area contributed by atoms with E-state index in [4.69, 9.17) is 0 Å². The van der Waals surface area contributed by atoms with Crippen LogP contribution in [0.4, 0.5) is 0 Å². The summed E-state index contributed by atoms with van der Waals surface area (Å²) in [5, 5.41) is 3.89. The average molecular weight is 213 g/mol. The molecule has 1 saturated carbocycles. The van der Waals surface area contributed by atoms with Crippen molar-refractivity contribution in [3.05, 3.63) is 0 Å². The predicted octanol–water partition coefficient (Wildman–Crippen LogP) is 3.05. The Bertz CT molecular complexity index is 202. The minimum atomic E-state index is 0.487. The Morgan fingerprint density at radius 2 is 2.14 bits per heavy atom. The van der Waals surface area contributed by atoms with Crippen molar-refractivity contribution in [3.8, 4) is 0 Å². The first-order chi connectivity index (χ1) is 6.63. The molecular formula is C12H23NS. The fourth-order valence-corrected chi connectivity index (χ4v) is 3.92. The quantitative estimate of drug-likeness (QED) is 0.773. The molecule has 0 bridgehead atoms. The predicted molar refractivity (Wildman–Crippen MR) is 64.9 cm³/mol. The van der Waals surface area contributed by atoms with Crippen LogP contribution >= 0.6 is 11.8 Å². The van der Waals surface area contributed by atoms with Crippen molar-refractivity contribution in [2.45, 2.75) is 63.3 Å². The maximum Gasteiger partial charge on any atom is 0.0302 e. The molecule has 2 fully saturated rings. The summed E-state index contributed by atoms with van der Waals surface area (Å²) in [4.78, 5) is 0. The molecule has 0 radical (unpaired) electrons. The van der Waals surface area contributed by atoms with Gasteiger partial charge < -0.3 is 5.32 Å². The largest absolute Gasteiger partial charge is 0.309 e. The molecule has 2 rings (SSSR count). The van der Waals surface area contributed by atoms with Crippen LogP contribution in [0.15, 0.2) is 0 Å². The first kappa shape index (κ1) is 10.8. The Kier molecular flexibility index (Phi) is 3.13. The van der Waals surface area contributed by atoms with Gasteiger partial charge in [-0.3, -0.25) is 0 Å². The van der Waals surface area contributed by atoms with E-state index in [2.05, 4.69) is 37.8 Å². The SMILES string of the molecule is CCC1CCCC1NC1CSC1(C)C. The molecule has 0 aromatic carbocycles. The third kappa shape index (κ3) is 1.96. The van der Waals surface area contributed by atoms with Crippen LogP contribution in [-0.4, -0.2) is 22.6 Å². The molecule has 0 aromatic heterocycles. The highest BCUT2D eigenvalue weighted by Gasteiger charge is 2.41. The number of nitrogens with one attached hydrogen (secondary N) is 1. The summed E-state index contributed by atoms with van der Waals surface area (Å²) in [5.41, 5.74) is 0. The average Bonchev–Trinajstić information content (AvgIpc) is 2.59. The molecule has 2 heteroatoms. The van der Waals surface area contributed by atoms with Crippen LogP contribution in [0.25, 0.3) is 0 Å². The molecule has 2 aliphatic rings. The van der Waals surface area contributed by atoms with Crippen LogP contribution < -0.4 is 5.32 Å². The molecule has 1 heterocycles. The zero-order valence-electron chi connectivity index (χ0n) is 9.68. The summed E-state index contributed by atoms with van der Waals surface area (Å²) >= 11 is 2.10. The van der Waals surface area contributed by atoms with Crippen molar-refractivity contribution in [2.24, 2.45) is 5.92 Å². The highest BCUT2D eigenvalue weighted by Crippen LogP contribution is 2.41. The Morgan fingerprint density at radius 1 is 1.36 bits per heavy atom. The smallest absolute Gasteiger partial charge is 0.0302 e. The van der Waals surface area contributed by atoms with E-state index in [1.54, 1.807) is 0 Å². The molecular weight excluding hydrogens is 190 g/mol. The van der Waals surface area contributed by atoms with E-state index < -0.39 is 0 Å². The summed E-state index contributed by atoms with van der Waals surface area (Å²) in [5.74, 6) is 2.27. The Labute approximate surface area is 92.4 Å². The number of hydrogen-bond donors (Lipinski definition) is 1. The highest BCUT2D eigenvalue weighted by atomic mass is 32.2. The van der Waals surface area contributed by atoms with Gasteiger partial charge in [0.05, 0.1) is 0 Å². The molecule has 1 aliphatic heterocycles. The van der Waals surface area contributed by atoms with E-state index in [0.29, 0.717) is 4.75 Å². The zero-order chi connectivity index (χ0) is 10.2. The lowest BCUT2D eigenvalue weighted by molar-refractivity contribution is 0.321. The molecule has 0 amide bonds. The Hall–Kier alpha value is 0.310. The summed E-state index contributed by atoms with van der Waals surface area (Å²) < 4.78 is 0.487. The number of hydrogen-bond acceptors (Lipinski definition) is 2. The van der Waals surface area contributed by atoms with E-state index in [1.807, 2.05) is 0 Å². The van der Waals surface area contributed by atoms with Crippen molar-refractivity contribution in [1.82, 2.24) is 5.32 Å². The van der Waals surface area contributed by atoms with E-state index in [-0.39, 0.29) is 0 Å². The minimum Gasteiger partial charge on any atom is -0.309 e. The molecule has 3 unspecified atom stereocenters. The third-order valence-electron chi connectivity index (χ3n) is 4.06. The number of thioether (sulfide) groups is 1. The molecule has 1 nitrogen and oxygen atoms in total. The fraction of sp³-hybridized carbons (Fsp3) is 1.00. The molecule has 14 heavy (non-hydrogen) atoms. The van der Waals surface area contributed by atoms with Gasteiger partial charge in [-0.25, -0.2) is 0 Å². The van der Waals surface area contributed by atoms with Crippen molar-refractivity contribution in [2.75, 3.05) is 5.75 Å². The zero-order valence-corrected chi connectivity index (χ0v) is 10.5. The van der Waals surface area contributed by atoms with Gasteiger partial charge in [-0.15, -0.1) is 0 Å². The van der Waals surface area contributed by atoms with Crippen LogP contribution in [0.1, 0.15) is 46.5 Å². The topological polar surface area (TPSA) is 12.0 Å². The maximum absolute atomic E-state index is 3.89. The van der Waals surface area contributed by atoms with E-state index in [1.165, 1.54) is 31.4 Å². The van der Waals surface area contributed by atoms with Gasteiger partial charge in [-0.05, 0) is 32.6 Å². The van der Waals surface area contributed by atoms with E-state index in [0.717, 1.165) is 18.0 Å². The van der Waals surface area contributed by atoms with E-state index in [9.17, 15) is 0 Å². The molecule has 0 aromatic rings. The lowest BCUT2D eigenvalue weighted by Crippen LogP contribution is -2.58. The van der Waals surface area contributed by atoms with Crippen LogP contribution in [0.5, 0.6) is 0 Å². The lowest BCUT2D eigenvalue weighted by atomic mass is 9.96. The molecule has 1 saturated heterocycles. The van der Waals surface area contributed by atoms with Crippen LogP contribution in [0.2, 0.25) is 0 Å². The summed E-state index contributed by atoms with van der Waals surface area (Å²) in [6.45, 7) is 7.08. The normalized spacial score (nSPS) is 40.9. The Balaban J connectivity index is 1.85. The first-order valence-electron chi connectivity index (χ1n) is 6.03. The number of rotatable bonds is 3. The summed E-state index contributed by atoms with van der Waals surface area (Å²) in [6, 6.07) is 1.59. The van der Waals surface area contributed by atoms with Crippen molar-refractivity contribution in [3.63, 3.8) is 0 Å². The molecule has 1 N–H and O–H groups in total. The second-order valence-corrected chi connectivity index (χ2v) is 7.01. The monoisotopic (exact) mass is 213 g/mol. The minimum absolute atomic E-state index is 0.487. The second kappa shape index (κ2) is 4.05. The van der Waals surface area contributed by atoms with Gasteiger partial charge in [0.2, 0.25) is 0 Å². The Morgan fingerprint density at radius 3 is 2.64 bits per heavy atom. The van der Waals surface area contributed by atoms with Gasteiger partial charge in [0.15, 0.2) is 0 Å². The van der Waals surface area contributed by atoms with Gasteiger partial charge in [0, 0.05) is 22.6 Å². The van der Waals surface area contributed by atoms with Gasteiger partial charge >= 0.3 is 0 Å². The van der Waals surface area contributed by atoms with Crippen LogP contribution in [0.3, 0.4) is 0 Å². The van der Waals surface area contributed by atoms with Crippen molar-refractivity contribution in [1.29, 1.82) is 0 Å². The van der Waals surface area contributed by atoms with Gasteiger partial charge in [0.1, 0.15) is 0 Å². The second-order valence-electron chi connectivity index (χ2n) is 5.34. The lowest BCUT2D eigenvalue weighted by Gasteiger charge is -2.46. The highest BCUT2D eigenvalue weighted by molar-refractivity contribution is 8.02. The van der Waals surface area contributed by atoms with Crippen LogP contribution in [-0.2, 0) is 0 Å². The van der Waals surface area contributed by atoms with Crippen molar-refractivity contribution >= 4 is 11.8 Å². The first-order valence-corrected chi connectivity index (χ1v) is 7.02. The van der Waals surface area contributed by atoms with Crippen molar-refractivity contribution < 1.29 is 0 Å². The van der Waals surface area contributed by atoms with Crippen LogP contribution in [0, 0.1) is 5.92 Å². The van der Waals surface area contributed by atoms with Gasteiger partial charge in [-0.2, -0.15) is 11.8 Å². The third-order valence-corrected chi connectivity index (χ3v) is 5.59. The van der Waals surface area contributed by atoms with E-state index >= 15 is 0 Å². The maximum atomic E-state index is 3.89. The molecule has 3 atom stereocenters. The van der Waals surface area contributed by atoms with Gasteiger partial charge in [0.25, 0.3) is 0 Å².